The Bertz CT molecular complexity index is 825. The molecule has 0 aliphatic rings. The molecule has 27 heavy (non-hydrogen) atoms. The first kappa shape index (κ1) is 20.5. The van der Waals surface area contributed by atoms with Gasteiger partial charge < -0.3 is 16.0 Å². The Morgan fingerprint density at radius 1 is 1.11 bits per heavy atom. The summed E-state index contributed by atoms with van der Waals surface area (Å²) in [6, 6.07) is 15.1. The summed E-state index contributed by atoms with van der Waals surface area (Å²) in [6.45, 7) is 7.34. The smallest absolute Gasteiger partial charge is 0.315 e. The number of allylic oxidation sites excluding steroid dienone is 1. The number of hydrogen-bond donors (Lipinski definition) is 3. The van der Waals surface area contributed by atoms with E-state index in [1.807, 2.05) is 26.0 Å². The highest BCUT2D eigenvalue weighted by Crippen LogP contribution is 2.23. The first-order valence-corrected chi connectivity index (χ1v) is 9.46. The van der Waals surface area contributed by atoms with E-state index in [4.69, 9.17) is 0 Å². The van der Waals surface area contributed by atoms with Gasteiger partial charge in [0, 0.05) is 31.6 Å². The molecule has 0 heterocycles. The van der Waals surface area contributed by atoms with Crippen LogP contribution in [0.15, 0.2) is 54.6 Å². The fourth-order valence-electron chi connectivity index (χ4n) is 2.78. The van der Waals surface area contributed by atoms with Gasteiger partial charge in [0.25, 0.3) is 0 Å². The van der Waals surface area contributed by atoms with E-state index >= 15 is 0 Å². The Morgan fingerprint density at radius 3 is 2.70 bits per heavy atom. The van der Waals surface area contributed by atoms with Gasteiger partial charge in [-0.15, -0.1) is 0 Å². The SMILES string of the molecule is CC(C)NC(=O)NCCC#CC=CCN[C@H](C)c1cccc2ccccc12. The predicted molar refractivity (Wildman–Crippen MR) is 114 cm³/mol. The zero-order valence-electron chi connectivity index (χ0n) is 16.4. The molecule has 0 aliphatic heterocycles. The lowest BCUT2D eigenvalue weighted by Crippen LogP contribution is -2.39. The van der Waals surface area contributed by atoms with Crippen LogP contribution < -0.4 is 16.0 Å². The molecule has 0 spiro atoms. The number of carbonyl (C=O) groups excluding carboxylic acids is 1. The molecule has 2 aromatic rings. The van der Waals surface area contributed by atoms with Crippen molar-refractivity contribution in [3.05, 3.63) is 60.2 Å². The zero-order chi connectivity index (χ0) is 19.5. The minimum absolute atomic E-state index is 0.141. The number of fused-ring (bicyclic) bond motifs is 1. The molecule has 0 aromatic heterocycles. The summed E-state index contributed by atoms with van der Waals surface area (Å²) in [4.78, 5) is 11.4. The van der Waals surface area contributed by atoms with Crippen molar-refractivity contribution in [3.8, 4) is 11.8 Å². The number of benzene rings is 2. The fourth-order valence-corrected chi connectivity index (χ4v) is 2.78. The topological polar surface area (TPSA) is 53.2 Å². The minimum Gasteiger partial charge on any atom is -0.337 e. The molecule has 4 heteroatoms. The number of amides is 2. The number of urea groups is 1. The predicted octanol–water partition coefficient (Wildman–Crippen LogP) is 4.15. The number of hydrogen-bond acceptors (Lipinski definition) is 2. The molecule has 0 unspecified atom stereocenters. The largest absolute Gasteiger partial charge is 0.337 e. The van der Waals surface area contributed by atoms with Crippen LogP contribution in [0.3, 0.4) is 0 Å². The Morgan fingerprint density at radius 2 is 1.89 bits per heavy atom. The molecule has 0 saturated carbocycles. The standard InChI is InChI=1S/C23H29N3O/c1-18(2)26-23(27)25-17-10-6-4-5-9-16-24-19(3)21-15-11-13-20-12-7-8-14-22(20)21/h5,7-9,11-15,18-19,24H,10,16-17H2,1-3H3,(H2,25,26,27)/t19-/m1/s1. The van der Waals surface area contributed by atoms with Crippen molar-refractivity contribution >= 4 is 16.8 Å². The Hall–Kier alpha value is -2.77. The number of rotatable bonds is 7. The van der Waals surface area contributed by atoms with E-state index in [-0.39, 0.29) is 18.1 Å². The van der Waals surface area contributed by atoms with Gasteiger partial charge in [0.15, 0.2) is 0 Å². The molecule has 0 radical (unpaired) electrons. The van der Waals surface area contributed by atoms with Crippen molar-refractivity contribution in [3.63, 3.8) is 0 Å². The lowest BCUT2D eigenvalue weighted by atomic mass is 10.00. The van der Waals surface area contributed by atoms with Crippen molar-refractivity contribution < 1.29 is 4.79 Å². The quantitative estimate of drug-likeness (QED) is 0.511. The molecule has 2 aromatic carbocycles. The van der Waals surface area contributed by atoms with Gasteiger partial charge in [-0.2, -0.15) is 0 Å². The van der Waals surface area contributed by atoms with Crippen LogP contribution in [-0.2, 0) is 0 Å². The van der Waals surface area contributed by atoms with Crippen molar-refractivity contribution in [2.24, 2.45) is 0 Å². The highest BCUT2D eigenvalue weighted by Gasteiger charge is 2.07. The van der Waals surface area contributed by atoms with Crippen LogP contribution in [0.4, 0.5) is 4.79 Å². The molecule has 3 N–H and O–H groups in total. The van der Waals surface area contributed by atoms with Gasteiger partial charge in [0.1, 0.15) is 0 Å². The molecule has 4 nitrogen and oxygen atoms in total. The average Bonchev–Trinajstić information content (AvgIpc) is 2.65. The monoisotopic (exact) mass is 363 g/mol. The molecule has 1 atom stereocenters. The normalized spacial score (nSPS) is 12.0. The molecule has 0 bridgehead atoms. The van der Waals surface area contributed by atoms with Crippen molar-refractivity contribution in [2.45, 2.75) is 39.3 Å². The molecular weight excluding hydrogens is 334 g/mol. The highest BCUT2D eigenvalue weighted by molar-refractivity contribution is 5.86. The highest BCUT2D eigenvalue weighted by atomic mass is 16.2. The summed E-state index contributed by atoms with van der Waals surface area (Å²) in [6.07, 6.45) is 4.51. The van der Waals surface area contributed by atoms with Crippen LogP contribution in [0.25, 0.3) is 10.8 Å². The fraction of sp³-hybridized carbons (Fsp3) is 0.348. The van der Waals surface area contributed by atoms with E-state index in [2.05, 4.69) is 77.2 Å². The maximum atomic E-state index is 11.4. The van der Waals surface area contributed by atoms with Crippen LogP contribution in [-0.4, -0.2) is 25.2 Å². The minimum atomic E-state index is -0.144. The van der Waals surface area contributed by atoms with Crippen LogP contribution in [0.5, 0.6) is 0 Å². The van der Waals surface area contributed by atoms with E-state index in [1.165, 1.54) is 16.3 Å². The van der Waals surface area contributed by atoms with Gasteiger partial charge in [-0.1, -0.05) is 60.4 Å². The van der Waals surface area contributed by atoms with Gasteiger partial charge in [0.05, 0.1) is 0 Å². The second kappa shape index (κ2) is 11.1. The first-order valence-electron chi connectivity index (χ1n) is 9.46. The molecule has 0 aliphatic carbocycles. The van der Waals surface area contributed by atoms with Gasteiger partial charge in [0.2, 0.25) is 0 Å². The second-order valence-electron chi connectivity index (χ2n) is 6.73. The molecular formula is C23H29N3O. The summed E-state index contributed by atoms with van der Waals surface area (Å²) in [5.41, 5.74) is 1.30. The van der Waals surface area contributed by atoms with Crippen LogP contribution >= 0.6 is 0 Å². The third kappa shape index (κ3) is 7.16. The Balaban J connectivity index is 1.71. The van der Waals surface area contributed by atoms with Gasteiger partial charge in [-0.05, 0) is 43.2 Å². The van der Waals surface area contributed by atoms with Gasteiger partial charge in [-0.25, -0.2) is 4.79 Å². The van der Waals surface area contributed by atoms with E-state index in [0.29, 0.717) is 13.0 Å². The summed E-state index contributed by atoms with van der Waals surface area (Å²) in [5.74, 6) is 6.03. The second-order valence-corrected chi connectivity index (χ2v) is 6.73. The van der Waals surface area contributed by atoms with E-state index < -0.39 is 0 Å². The third-order valence-electron chi connectivity index (χ3n) is 4.09. The molecule has 142 valence electrons. The lowest BCUT2D eigenvalue weighted by molar-refractivity contribution is 0.239. The van der Waals surface area contributed by atoms with E-state index in [9.17, 15) is 4.79 Å². The zero-order valence-corrected chi connectivity index (χ0v) is 16.4. The van der Waals surface area contributed by atoms with Crippen LogP contribution in [0.1, 0.15) is 38.8 Å². The summed E-state index contributed by atoms with van der Waals surface area (Å²) >= 11 is 0. The maximum Gasteiger partial charge on any atom is 0.315 e. The first-order chi connectivity index (χ1) is 13.1. The van der Waals surface area contributed by atoms with Crippen molar-refractivity contribution in [1.29, 1.82) is 0 Å². The van der Waals surface area contributed by atoms with Crippen LogP contribution in [0.2, 0.25) is 0 Å². The Labute approximate surface area is 162 Å². The number of nitrogens with one attached hydrogen (secondary N) is 3. The van der Waals surface area contributed by atoms with E-state index in [0.717, 1.165) is 6.54 Å². The molecule has 2 amide bonds. The van der Waals surface area contributed by atoms with Gasteiger partial charge >= 0.3 is 6.03 Å². The molecule has 0 saturated heterocycles. The molecule has 0 fully saturated rings. The number of carbonyl (C=O) groups is 1. The van der Waals surface area contributed by atoms with Gasteiger partial charge in [-0.3, -0.25) is 0 Å². The lowest BCUT2D eigenvalue weighted by Gasteiger charge is -2.15. The summed E-state index contributed by atoms with van der Waals surface area (Å²) in [5, 5.41) is 11.6. The maximum absolute atomic E-state index is 11.4. The van der Waals surface area contributed by atoms with Crippen molar-refractivity contribution in [2.75, 3.05) is 13.1 Å². The summed E-state index contributed by atoms with van der Waals surface area (Å²) < 4.78 is 0. The van der Waals surface area contributed by atoms with Crippen molar-refractivity contribution in [1.82, 2.24) is 16.0 Å². The average molecular weight is 364 g/mol. The third-order valence-corrected chi connectivity index (χ3v) is 4.09. The summed E-state index contributed by atoms with van der Waals surface area (Å²) in [7, 11) is 0. The Kier molecular flexibility index (Phi) is 8.41. The van der Waals surface area contributed by atoms with Crippen LogP contribution in [0, 0.1) is 11.8 Å². The van der Waals surface area contributed by atoms with E-state index in [1.54, 1.807) is 0 Å². The molecule has 2 rings (SSSR count).